The SMILES string of the molecule is CSCC(C)Nc1ccc(C(F)(F)F)nn1. The normalized spacial score (nSPS) is 13.6. The molecule has 0 aliphatic carbocycles. The van der Waals surface area contributed by atoms with Crippen LogP contribution in [0.4, 0.5) is 19.0 Å². The van der Waals surface area contributed by atoms with Crippen LogP contribution < -0.4 is 5.32 Å². The zero-order valence-electron chi connectivity index (χ0n) is 8.88. The van der Waals surface area contributed by atoms with E-state index in [2.05, 4.69) is 15.5 Å². The summed E-state index contributed by atoms with van der Waals surface area (Å²) in [5.74, 6) is 1.21. The summed E-state index contributed by atoms with van der Waals surface area (Å²) in [7, 11) is 0. The second-order valence-electron chi connectivity index (χ2n) is 3.30. The maximum atomic E-state index is 12.2. The lowest BCUT2D eigenvalue weighted by Crippen LogP contribution is -2.19. The molecule has 7 heteroatoms. The number of hydrogen-bond acceptors (Lipinski definition) is 4. The van der Waals surface area contributed by atoms with E-state index in [0.29, 0.717) is 5.82 Å². The second kappa shape index (κ2) is 5.38. The van der Waals surface area contributed by atoms with E-state index < -0.39 is 11.9 Å². The van der Waals surface area contributed by atoms with E-state index in [9.17, 15) is 13.2 Å². The quantitative estimate of drug-likeness (QED) is 0.892. The highest BCUT2D eigenvalue weighted by Crippen LogP contribution is 2.27. The number of hydrogen-bond donors (Lipinski definition) is 1. The molecule has 0 radical (unpaired) electrons. The van der Waals surface area contributed by atoms with E-state index in [-0.39, 0.29) is 6.04 Å². The molecule has 16 heavy (non-hydrogen) atoms. The summed E-state index contributed by atoms with van der Waals surface area (Å²) in [6, 6.07) is 2.34. The fourth-order valence-corrected chi connectivity index (χ4v) is 1.69. The van der Waals surface area contributed by atoms with Crippen molar-refractivity contribution < 1.29 is 13.2 Å². The van der Waals surface area contributed by atoms with Crippen molar-refractivity contribution in [3.63, 3.8) is 0 Å². The lowest BCUT2D eigenvalue weighted by molar-refractivity contribution is -0.141. The highest BCUT2D eigenvalue weighted by Gasteiger charge is 2.32. The van der Waals surface area contributed by atoms with Gasteiger partial charge in [-0.2, -0.15) is 24.9 Å². The lowest BCUT2D eigenvalue weighted by atomic mass is 10.3. The molecule has 0 spiro atoms. The average Bonchev–Trinajstić information content (AvgIpc) is 2.17. The Kier molecular flexibility index (Phi) is 4.40. The molecule has 0 amide bonds. The predicted octanol–water partition coefficient (Wildman–Crippen LogP) is 2.66. The first kappa shape index (κ1) is 13.1. The van der Waals surface area contributed by atoms with Crippen molar-refractivity contribution in [2.24, 2.45) is 0 Å². The third kappa shape index (κ3) is 3.88. The molecule has 1 aromatic heterocycles. The summed E-state index contributed by atoms with van der Waals surface area (Å²) in [6.07, 6.45) is -2.48. The van der Waals surface area contributed by atoms with Gasteiger partial charge in [0.2, 0.25) is 0 Å². The van der Waals surface area contributed by atoms with Crippen LogP contribution in [-0.4, -0.2) is 28.2 Å². The Morgan fingerprint density at radius 3 is 2.50 bits per heavy atom. The van der Waals surface area contributed by atoms with Gasteiger partial charge < -0.3 is 5.32 Å². The average molecular weight is 251 g/mol. The number of rotatable bonds is 4. The molecule has 0 saturated heterocycles. The molecule has 1 N–H and O–H groups in total. The van der Waals surface area contributed by atoms with Gasteiger partial charge in [0.05, 0.1) is 0 Å². The minimum atomic E-state index is -4.43. The minimum Gasteiger partial charge on any atom is -0.365 e. The summed E-state index contributed by atoms with van der Waals surface area (Å²) >= 11 is 1.65. The lowest BCUT2D eigenvalue weighted by Gasteiger charge is -2.12. The number of nitrogens with zero attached hydrogens (tertiary/aromatic N) is 2. The van der Waals surface area contributed by atoms with Crippen LogP contribution in [0.1, 0.15) is 12.6 Å². The fraction of sp³-hybridized carbons (Fsp3) is 0.556. The highest BCUT2D eigenvalue weighted by atomic mass is 32.2. The summed E-state index contributed by atoms with van der Waals surface area (Å²) in [6.45, 7) is 1.93. The van der Waals surface area contributed by atoms with Crippen LogP contribution in [0.2, 0.25) is 0 Å². The van der Waals surface area contributed by atoms with Crippen LogP contribution in [0.25, 0.3) is 0 Å². The van der Waals surface area contributed by atoms with Gasteiger partial charge in [-0.15, -0.1) is 10.2 Å². The van der Waals surface area contributed by atoms with Gasteiger partial charge in [-0.05, 0) is 25.3 Å². The number of aromatic nitrogens is 2. The molecule has 0 fully saturated rings. The van der Waals surface area contributed by atoms with E-state index in [0.717, 1.165) is 11.8 Å². The Bertz CT molecular complexity index is 326. The first-order chi connectivity index (χ1) is 7.43. The van der Waals surface area contributed by atoms with E-state index in [4.69, 9.17) is 0 Å². The van der Waals surface area contributed by atoms with Crippen LogP contribution in [0, 0.1) is 0 Å². The molecule has 0 saturated carbocycles. The molecule has 1 rings (SSSR count). The summed E-state index contributed by atoms with van der Waals surface area (Å²) in [5, 5.41) is 9.56. The Hall–Kier alpha value is -0.980. The molecule has 0 bridgehead atoms. The maximum absolute atomic E-state index is 12.2. The molecular formula is C9H12F3N3S. The number of anilines is 1. The smallest absolute Gasteiger partial charge is 0.365 e. The van der Waals surface area contributed by atoms with Crippen LogP contribution >= 0.6 is 11.8 Å². The van der Waals surface area contributed by atoms with Crippen molar-refractivity contribution in [2.45, 2.75) is 19.1 Å². The molecule has 0 aliphatic rings. The maximum Gasteiger partial charge on any atom is 0.435 e. The zero-order chi connectivity index (χ0) is 12.2. The number of nitrogens with one attached hydrogen (secondary N) is 1. The van der Waals surface area contributed by atoms with Crippen LogP contribution in [-0.2, 0) is 6.18 Å². The summed E-state index contributed by atoms with van der Waals surface area (Å²) in [5.41, 5.74) is -0.976. The van der Waals surface area contributed by atoms with E-state index in [1.807, 2.05) is 13.2 Å². The molecule has 90 valence electrons. The zero-order valence-corrected chi connectivity index (χ0v) is 9.69. The van der Waals surface area contributed by atoms with Crippen LogP contribution in [0.15, 0.2) is 12.1 Å². The van der Waals surface area contributed by atoms with Crippen molar-refractivity contribution in [1.29, 1.82) is 0 Å². The van der Waals surface area contributed by atoms with E-state index in [1.165, 1.54) is 6.07 Å². The molecule has 1 unspecified atom stereocenters. The number of alkyl halides is 3. The first-order valence-electron chi connectivity index (χ1n) is 4.60. The fourth-order valence-electron chi connectivity index (χ4n) is 1.10. The molecule has 1 heterocycles. The third-order valence-electron chi connectivity index (χ3n) is 1.77. The molecule has 3 nitrogen and oxygen atoms in total. The molecule has 0 aromatic carbocycles. The van der Waals surface area contributed by atoms with Crippen LogP contribution in [0.5, 0.6) is 0 Å². The minimum absolute atomic E-state index is 0.140. The predicted molar refractivity (Wildman–Crippen MR) is 58.5 cm³/mol. The number of thioether (sulfide) groups is 1. The number of halogens is 3. The van der Waals surface area contributed by atoms with E-state index >= 15 is 0 Å². The summed E-state index contributed by atoms with van der Waals surface area (Å²) < 4.78 is 36.5. The molecular weight excluding hydrogens is 239 g/mol. The third-order valence-corrected chi connectivity index (χ3v) is 2.60. The molecule has 1 atom stereocenters. The first-order valence-corrected chi connectivity index (χ1v) is 5.99. The van der Waals surface area contributed by atoms with Crippen molar-refractivity contribution in [2.75, 3.05) is 17.3 Å². The Morgan fingerprint density at radius 2 is 2.06 bits per heavy atom. The van der Waals surface area contributed by atoms with Gasteiger partial charge in [-0.3, -0.25) is 0 Å². The van der Waals surface area contributed by atoms with Crippen molar-refractivity contribution >= 4 is 17.6 Å². The Balaban J connectivity index is 2.65. The van der Waals surface area contributed by atoms with Crippen molar-refractivity contribution in [3.8, 4) is 0 Å². The van der Waals surface area contributed by atoms with Gasteiger partial charge in [-0.1, -0.05) is 0 Å². The Morgan fingerprint density at radius 1 is 1.38 bits per heavy atom. The van der Waals surface area contributed by atoms with Crippen LogP contribution in [0.3, 0.4) is 0 Å². The standard InChI is InChI=1S/C9H12F3N3S/c1-6(5-16-2)13-8-4-3-7(14-15-8)9(10,11)12/h3-4,6H,5H2,1-2H3,(H,13,15). The van der Waals surface area contributed by atoms with Crippen molar-refractivity contribution in [1.82, 2.24) is 10.2 Å². The summed E-state index contributed by atoms with van der Waals surface area (Å²) in [4.78, 5) is 0. The van der Waals surface area contributed by atoms with Gasteiger partial charge in [0.15, 0.2) is 5.69 Å². The van der Waals surface area contributed by atoms with Gasteiger partial charge in [0.25, 0.3) is 0 Å². The Labute approximate surface area is 95.8 Å². The highest BCUT2D eigenvalue weighted by molar-refractivity contribution is 7.98. The van der Waals surface area contributed by atoms with Gasteiger partial charge >= 0.3 is 6.18 Å². The molecule has 1 aromatic rings. The van der Waals surface area contributed by atoms with E-state index in [1.54, 1.807) is 11.8 Å². The molecule has 0 aliphatic heterocycles. The second-order valence-corrected chi connectivity index (χ2v) is 4.21. The van der Waals surface area contributed by atoms with Gasteiger partial charge in [0, 0.05) is 11.8 Å². The van der Waals surface area contributed by atoms with Crippen molar-refractivity contribution in [3.05, 3.63) is 17.8 Å². The topological polar surface area (TPSA) is 37.8 Å². The van der Waals surface area contributed by atoms with Gasteiger partial charge in [0.1, 0.15) is 5.82 Å². The monoisotopic (exact) mass is 251 g/mol. The van der Waals surface area contributed by atoms with Gasteiger partial charge in [-0.25, -0.2) is 0 Å². The largest absolute Gasteiger partial charge is 0.435 e.